The molecule has 32 heavy (non-hydrogen) atoms. The Kier molecular flexibility index (Phi) is 5.94. The van der Waals surface area contributed by atoms with E-state index in [0.717, 1.165) is 34.6 Å². The summed E-state index contributed by atoms with van der Waals surface area (Å²) in [5, 5.41) is 23.9. The number of nitrogens with two attached hydrogens (primary N) is 2. The summed E-state index contributed by atoms with van der Waals surface area (Å²) in [6.07, 6.45) is 0.804. The van der Waals surface area contributed by atoms with Crippen molar-refractivity contribution in [2.75, 3.05) is 18.6 Å². The minimum absolute atomic E-state index is 0.0414. The highest BCUT2D eigenvalue weighted by molar-refractivity contribution is 8.04. The van der Waals surface area contributed by atoms with Gasteiger partial charge in [0, 0.05) is 16.4 Å². The van der Waals surface area contributed by atoms with E-state index in [2.05, 4.69) is 34.9 Å². The Balaban J connectivity index is 1.53. The molecule has 0 bridgehead atoms. The fourth-order valence-corrected chi connectivity index (χ4v) is 5.61. The van der Waals surface area contributed by atoms with Gasteiger partial charge in [-0.15, -0.1) is 10.2 Å². The number of hydrogen-bond acceptors (Lipinski definition) is 14. The first-order chi connectivity index (χ1) is 15.3. The highest BCUT2D eigenvalue weighted by Crippen LogP contribution is 2.43. The normalized spacial score (nSPS) is 20.6. The number of thioether (sulfide) groups is 1. The molecular formula is C15H15N9O5S3. The van der Waals surface area contributed by atoms with Gasteiger partial charge in [0.05, 0.1) is 6.04 Å². The lowest BCUT2D eigenvalue weighted by Gasteiger charge is -2.49. The summed E-state index contributed by atoms with van der Waals surface area (Å²) >= 11 is 3.10. The lowest BCUT2D eigenvalue weighted by molar-refractivity contribution is -0.155. The maximum Gasteiger partial charge on any atom is 0.353 e. The van der Waals surface area contributed by atoms with Crippen molar-refractivity contribution >= 4 is 68.4 Å². The second-order valence-corrected chi connectivity index (χ2v) is 9.56. The number of nitrogen functional groups attached to an aromatic ring is 2. The molecule has 1 fully saturated rings. The van der Waals surface area contributed by atoms with Gasteiger partial charge in [-0.25, -0.2) is 4.79 Å². The van der Waals surface area contributed by atoms with Crippen molar-refractivity contribution in [3.8, 4) is 0 Å². The van der Waals surface area contributed by atoms with E-state index >= 15 is 0 Å². The van der Waals surface area contributed by atoms with Crippen LogP contribution >= 0.6 is 34.6 Å². The van der Waals surface area contributed by atoms with Crippen LogP contribution in [0.15, 0.2) is 20.1 Å². The summed E-state index contributed by atoms with van der Waals surface area (Å²) in [5.74, 6) is -2.59. The number of aliphatic carboxylic acids is 1. The largest absolute Gasteiger partial charge is 0.477 e. The van der Waals surface area contributed by atoms with E-state index in [1.54, 1.807) is 0 Å². The van der Waals surface area contributed by atoms with Gasteiger partial charge in [0.15, 0.2) is 9.47 Å². The van der Waals surface area contributed by atoms with Crippen LogP contribution in [0, 0.1) is 0 Å². The molecule has 6 N–H and O–H groups in total. The summed E-state index contributed by atoms with van der Waals surface area (Å²) < 4.78 is 4.40. The Bertz CT molecular complexity index is 1160. The van der Waals surface area contributed by atoms with Gasteiger partial charge in [-0.1, -0.05) is 28.3 Å². The molecule has 0 saturated carbocycles. The standard InChI is InChI=1S/C15H15N9O5S3/c1-29-22-7(9-19-13(16)32-23-9)10(25)18-6-4-2-3-5(30-15-21-20-14(17)31-15)8(12(27)28)24(4)11(6)26/h4,6H,2-3H2,1H3,(H2,17,20)(H,18,25)(H,27,28)(H2,16,19,23)/b22-7-/t4-,6+/m1/s1. The lowest BCUT2D eigenvalue weighted by Crippen LogP contribution is -2.72. The summed E-state index contributed by atoms with van der Waals surface area (Å²) in [6, 6.07) is -1.46. The number of aromatic nitrogens is 4. The Labute approximate surface area is 191 Å². The SMILES string of the molecule is CO/N=C(\C(=O)N[C@@H]1C(=O)N2C(C(=O)O)=C(Sc3nnc(N)s3)CC[C@H]12)c1nsc(N)n1. The lowest BCUT2D eigenvalue weighted by atomic mass is 9.86. The number of carboxylic acids is 1. The number of amides is 2. The second-order valence-electron chi connectivity index (χ2n) is 6.43. The zero-order valence-electron chi connectivity index (χ0n) is 16.2. The molecule has 168 valence electrons. The van der Waals surface area contributed by atoms with Crippen LogP contribution in [0.5, 0.6) is 0 Å². The Hall–Kier alpha value is -3.31. The highest BCUT2D eigenvalue weighted by Gasteiger charge is 2.54. The van der Waals surface area contributed by atoms with Crippen LogP contribution in [0.4, 0.5) is 10.3 Å². The van der Waals surface area contributed by atoms with Gasteiger partial charge in [0.25, 0.3) is 11.8 Å². The van der Waals surface area contributed by atoms with Gasteiger partial charge >= 0.3 is 5.97 Å². The van der Waals surface area contributed by atoms with Crippen molar-refractivity contribution in [3.05, 3.63) is 16.4 Å². The molecule has 1 saturated heterocycles. The molecule has 2 amide bonds. The minimum atomic E-state index is -1.25. The molecule has 2 aliphatic heterocycles. The summed E-state index contributed by atoms with van der Waals surface area (Å²) in [4.78, 5) is 47.7. The number of nitrogens with zero attached hydrogens (tertiary/aromatic N) is 6. The molecule has 2 aromatic rings. The number of rotatable bonds is 7. The number of hydrogen-bond donors (Lipinski definition) is 4. The predicted molar refractivity (Wildman–Crippen MR) is 115 cm³/mol. The van der Waals surface area contributed by atoms with E-state index < -0.39 is 29.9 Å². The van der Waals surface area contributed by atoms with Gasteiger partial charge < -0.3 is 26.7 Å². The first kappa shape index (κ1) is 21.9. The number of β-lactam (4-membered cyclic amide) rings is 1. The van der Waals surface area contributed by atoms with Crippen LogP contribution < -0.4 is 16.8 Å². The molecular weight excluding hydrogens is 482 g/mol. The predicted octanol–water partition coefficient (Wildman–Crippen LogP) is -0.518. The Morgan fingerprint density at radius 3 is 2.72 bits per heavy atom. The van der Waals surface area contributed by atoms with Crippen LogP contribution in [0.2, 0.25) is 0 Å². The van der Waals surface area contributed by atoms with Gasteiger partial charge in [-0.05, 0) is 12.8 Å². The number of allylic oxidation sites excluding steroid dienone is 1. The average Bonchev–Trinajstić information content (AvgIpc) is 3.37. The monoisotopic (exact) mass is 497 g/mol. The van der Waals surface area contributed by atoms with Crippen molar-refractivity contribution in [2.45, 2.75) is 29.3 Å². The van der Waals surface area contributed by atoms with Crippen LogP contribution in [-0.4, -0.2) is 72.3 Å². The number of carbonyl (C=O) groups is 3. The van der Waals surface area contributed by atoms with E-state index in [4.69, 9.17) is 11.5 Å². The maximum atomic E-state index is 12.8. The van der Waals surface area contributed by atoms with Gasteiger partial charge in [0.1, 0.15) is 18.8 Å². The molecule has 0 unspecified atom stereocenters. The third-order valence-corrected chi connectivity index (χ3v) is 7.05. The smallest absolute Gasteiger partial charge is 0.353 e. The third-order valence-electron chi connectivity index (χ3n) is 4.57. The molecule has 2 atom stereocenters. The summed E-state index contributed by atoms with van der Waals surface area (Å²) in [5.41, 5.74) is 10.7. The first-order valence-electron chi connectivity index (χ1n) is 8.88. The third kappa shape index (κ3) is 3.96. The summed E-state index contributed by atoms with van der Waals surface area (Å²) in [7, 11) is 1.25. The van der Waals surface area contributed by atoms with E-state index in [0.29, 0.717) is 22.1 Å². The average molecular weight is 498 g/mol. The zero-order valence-corrected chi connectivity index (χ0v) is 18.7. The maximum absolute atomic E-state index is 12.8. The van der Waals surface area contributed by atoms with E-state index in [1.165, 1.54) is 12.0 Å². The molecule has 2 aromatic heterocycles. The van der Waals surface area contributed by atoms with Crippen molar-refractivity contribution in [1.82, 2.24) is 29.8 Å². The molecule has 0 aliphatic carbocycles. The summed E-state index contributed by atoms with van der Waals surface area (Å²) in [6.45, 7) is 0. The van der Waals surface area contributed by atoms with Crippen LogP contribution in [0.3, 0.4) is 0 Å². The van der Waals surface area contributed by atoms with E-state index in [9.17, 15) is 19.5 Å². The van der Waals surface area contributed by atoms with E-state index in [-0.39, 0.29) is 27.5 Å². The highest BCUT2D eigenvalue weighted by atomic mass is 32.2. The Morgan fingerprint density at radius 2 is 2.12 bits per heavy atom. The molecule has 14 nitrogen and oxygen atoms in total. The van der Waals surface area contributed by atoms with Gasteiger partial charge in [-0.3, -0.25) is 14.5 Å². The molecule has 0 spiro atoms. The van der Waals surface area contributed by atoms with Crippen LogP contribution in [-0.2, 0) is 19.2 Å². The van der Waals surface area contributed by atoms with Crippen molar-refractivity contribution in [1.29, 1.82) is 0 Å². The number of carbonyl (C=O) groups excluding carboxylic acids is 2. The number of nitrogens with one attached hydrogen (secondary N) is 1. The number of carboxylic acid groups (broad SMARTS) is 1. The van der Waals surface area contributed by atoms with E-state index in [1.807, 2.05) is 0 Å². The number of oxime groups is 1. The molecule has 0 radical (unpaired) electrons. The topological polar surface area (TPSA) is 212 Å². The quantitative estimate of drug-likeness (QED) is 0.216. The molecule has 17 heteroatoms. The van der Waals surface area contributed by atoms with Gasteiger partial charge in [-0.2, -0.15) is 9.36 Å². The Morgan fingerprint density at radius 1 is 1.34 bits per heavy atom. The van der Waals surface area contributed by atoms with Crippen LogP contribution in [0.1, 0.15) is 18.7 Å². The first-order valence-corrected chi connectivity index (χ1v) is 11.3. The molecule has 0 aromatic carbocycles. The minimum Gasteiger partial charge on any atom is -0.477 e. The molecule has 4 heterocycles. The number of fused-ring (bicyclic) bond motifs is 1. The van der Waals surface area contributed by atoms with Crippen molar-refractivity contribution < 1.29 is 24.3 Å². The van der Waals surface area contributed by atoms with Crippen LogP contribution in [0.25, 0.3) is 0 Å². The fourth-order valence-electron chi connectivity index (χ4n) is 3.31. The molecule has 4 rings (SSSR count). The zero-order chi connectivity index (χ0) is 23.0. The molecule has 2 aliphatic rings. The second kappa shape index (κ2) is 8.67. The van der Waals surface area contributed by atoms with Gasteiger partial charge in [0.2, 0.25) is 16.7 Å². The fraction of sp³-hybridized carbons (Fsp3) is 0.333. The van der Waals surface area contributed by atoms with Crippen molar-refractivity contribution in [2.24, 2.45) is 5.16 Å². The van der Waals surface area contributed by atoms with Crippen molar-refractivity contribution in [3.63, 3.8) is 0 Å². The number of anilines is 2.